The van der Waals surface area contributed by atoms with Crippen LogP contribution in [0.3, 0.4) is 0 Å². The third kappa shape index (κ3) is 6.37. The highest BCUT2D eigenvalue weighted by atomic mass is 32.1. The Morgan fingerprint density at radius 1 is 1.08 bits per heavy atom. The van der Waals surface area contributed by atoms with Crippen LogP contribution in [0.1, 0.15) is 23.2 Å². The van der Waals surface area contributed by atoms with Crippen molar-refractivity contribution in [3.8, 4) is 5.75 Å². The summed E-state index contributed by atoms with van der Waals surface area (Å²) in [5.41, 5.74) is 0.561. The number of amides is 2. The molecule has 7 heteroatoms. The van der Waals surface area contributed by atoms with Crippen molar-refractivity contribution in [2.45, 2.75) is 12.8 Å². The van der Waals surface area contributed by atoms with Crippen LogP contribution in [0.2, 0.25) is 0 Å². The predicted molar refractivity (Wildman–Crippen MR) is 90.8 cm³/mol. The van der Waals surface area contributed by atoms with E-state index in [-0.39, 0.29) is 24.2 Å². The van der Waals surface area contributed by atoms with Crippen molar-refractivity contribution < 1.29 is 18.7 Å². The normalized spacial score (nSPS) is 10.2. The van der Waals surface area contributed by atoms with E-state index in [1.54, 1.807) is 23.6 Å². The third-order valence-corrected chi connectivity index (χ3v) is 3.85. The number of hydrogen-bond donors (Lipinski definition) is 2. The summed E-state index contributed by atoms with van der Waals surface area (Å²) in [5, 5.41) is 8.84. The van der Waals surface area contributed by atoms with Gasteiger partial charge >= 0.3 is 0 Å². The van der Waals surface area contributed by atoms with E-state index in [0.717, 1.165) is 12.8 Å². The Morgan fingerprint density at radius 2 is 1.88 bits per heavy atom. The fourth-order valence-corrected chi connectivity index (χ4v) is 2.53. The Kier molecular flexibility index (Phi) is 7.22. The molecule has 5 nitrogen and oxygen atoms in total. The van der Waals surface area contributed by atoms with Crippen molar-refractivity contribution in [3.63, 3.8) is 0 Å². The van der Waals surface area contributed by atoms with Gasteiger partial charge in [-0.1, -0.05) is 0 Å². The maximum absolute atomic E-state index is 12.7. The van der Waals surface area contributed by atoms with Gasteiger partial charge in [0.25, 0.3) is 5.91 Å². The first-order chi connectivity index (χ1) is 11.6. The molecule has 2 N–H and O–H groups in total. The molecule has 0 radical (unpaired) electrons. The summed E-state index contributed by atoms with van der Waals surface area (Å²) in [7, 11) is 0. The number of nitrogens with one attached hydrogen (secondary N) is 2. The molecule has 0 unspecified atom stereocenters. The van der Waals surface area contributed by atoms with Gasteiger partial charge in [-0.05, 0) is 48.6 Å². The minimum absolute atomic E-state index is 0.0409. The molecular formula is C17H19FN2O3S. The van der Waals surface area contributed by atoms with Gasteiger partial charge in [0.1, 0.15) is 11.6 Å². The number of thiophene rings is 1. The number of hydrogen-bond acceptors (Lipinski definition) is 4. The molecule has 0 saturated heterocycles. The van der Waals surface area contributed by atoms with Crippen molar-refractivity contribution >= 4 is 23.2 Å². The first-order valence-corrected chi connectivity index (χ1v) is 8.55. The van der Waals surface area contributed by atoms with E-state index < -0.39 is 0 Å². The average molecular weight is 350 g/mol. The Labute approximate surface area is 143 Å². The number of carbonyl (C=O) groups is 2. The smallest absolute Gasteiger partial charge is 0.252 e. The Hall–Kier alpha value is -2.41. The first-order valence-electron chi connectivity index (χ1n) is 7.60. The van der Waals surface area contributed by atoms with Crippen LogP contribution >= 0.6 is 11.3 Å². The minimum atomic E-state index is -0.295. The lowest BCUT2D eigenvalue weighted by molar-refractivity contribution is -0.120. The lowest BCUT2D eigenvalue weighted by Crippen LogP contribution is -2.37. The second kappa shape index (κ2) is 9.67. The molecular weight excluding hydrogens is 331 g/mol. The van der Waals surface area contributed by atoms with Gasteiger partial charge in [0.2, 0.25) is 5.91 Å². The molecule has 1 heterocycles. The molecule has 2 rings (SSSR count). The second-order valence-electron chi connectivity index (χ2n) is 5.05. The molecule has 0 fully saturated rings. The number of benzene rings is 1. The van der Waals surface area contributed by atoms with E-state index in [2.05, 4.69) is 10.6 Å². The van der Waals surface area contributed by atoms with Gasteiger partial charge in [-0.3, -0.25) is 9.59 Å². The molecule has 0 spiro atoms. The summed E-state index contributed by atoms with van der Waals surface area (Å²) in [6.07, 6.45) is 1.52. The van der Waals surface area contributed by atoms with Crippen LogP contribution in [-0.4, -0.2) is 31.5 Å². The number of rotatable bonds is 9. The standard InChI is InChI=1S/C17H19FN2O3S/c18-14-3-5-15(6-4-14)23-9-2-1-8-19-16(21)11-20-17(22)13-7-10-24-12-13/h3-7,10,12H,1-2,8-9,11H2,(H,19,21)(H,20,22). The van der Waals surface area contributed by atoms with Crippen molar-refractivity contribution in [3.05, 3.63) is 52.5 Å². The Bertz CT molecular complexity index is 644. The predicted octanol–water partition coefficient (Wildman–Crippen LogP) is 2.59. The topological polar surface area (TPSA) is 67.4 Å². The molecule has 0 aliphatic heterocycles. The zero-order valence-electron chi connectivity index (χ0n) is 13.1. The van der Waals surface area contributed by atoms with E-state index >= 15 is 0 Å². The van der Waals surface area contributed by atoms with Crippen LogP contribution in [0.5, 0.6) is 5.75 Å². The van der Waals surface area contributed by atoms with Crippen molar-refractivity contribution in [1.82, 2.24) is 10.6 Å². The zero-order valence-corrected chi connectivity index (χ0v) is 13.9. The van der Waals surface area contributed by atoms with Crippen LogP contribution < -0.4 is 15.4 Å². The van der Waals surface area contributed by atoms with Crippen LogP contribution in [0.15, 0.2) is 41.1 Å². The van der Waals surface area contributed by atoms with Gasteiger partial charge in [-0.15, -0.1) is 0 Å². The van der Waals surface area contributed by atoms with Gasteiger partial charge in [0, 0.05) is 17.5 Å². The zero-order chi connectivity index (χ0) is 17.2. The molecule has 0 bridgehead atoms. The molecule has 0 saturated carbocycles. The molecule has 1 aromatic carbocycles. The second-order valence-corrected chi connectivity index (χ2v) is 5.83. The Morgan fingerprint density at radius 3 is 2.58 bits per heavy atom. The number of ether oxygens (including phenoxy) is 1. The summed E-state index contributed by atoms with van der Waals surface area (Å²) in [5.74, 6) is -0.148. The summed E-state index contributed by atoms with van der Waals surface area (Å²) in [6, 6.07) is 7.56. The largest absolute Gasteiger partial charge is 0.494 e. The highest BCUT2D eigenvalue weighted by Gasteiger charge is 2.07. The molecule has 128 valence electrons. The summed E-state index contributed by atoms with van der Waals surface area (Å²) in [6.45, 7) is 0.969. The summed E-state index contributed by atoms with van der Waals surface area (Å²) >= 11 is 1.43. The van der Waals surface area contributed by atoms with Crippen LogP contribution in [0.25, 0.3) is 0 Å². The van der Waals surface area contributed by atoms with Gasteiger partial charge in [-0.25, -0.2) is 4.39 Å². The number of unbranched alkanes of at least 4 members (excludes halogenated alkanes) is 1. The van der Waals surface area contributed by atoms with Gasteiger partial charge in [0.05, 0.1) is 13.2 Å². The molecule has 0 atom stereocenters. The number of halogens is 1. The van der Waals surface area contributed by atoms with Gasteiger partial charge in [-0.2, -0.15) is 11.3 Å². The summed E-state index contributed by atoms with van der Waals surface area (Å²) in [4.78, 5) is 23.3. The maximum atomic E-state index is 12.7. The SMILES string of the molecule is O=C(CNC(=O)c1ccsc1)NCCCCOc1ccc(F)cc1. The van der Waals surface area contributed by atoms with E-state index in [1.165, 1.54) is 23.5 Å². The quantitative estimate of drug-likeness (QED) is 0.683. The minimum Gasteiger partial charge on any atom is -0.494 e. The van der Waals surface area contributed by atoms with E-state index in [9.17, 15) is 14.0 Å². The van der Waals surface area contributed by atoms with Crippen LogP contribution in [-0.2, 0) is 4.79 Å². The average Bonchev–Trinajstić information content (AvgIpc) is 3.12. The van der Waals surface area contributed by atoms with Crippen molar-refractivity contribution in [2.75, 3.05) is 19.7 Å². The van der Waals surface area contributed by atoms with E-state index in [4.69, 9.17) is 4.74 Å². The Balaban J connectivity index is 1.50. The fraction of sp³-hybridized carbons (Fsp3) is 0.294. The monoisotopic (exact) mass is 350 g/mol. The maximum Gasteiger partial charge on any atom is 0.252 e. The van der Waals surface area contributed by atoms with Crippen LogP contribution in [0.4, 0.5) is 4.39 Å². The van der Waals surface area contributed by atoms with Crippen molar-refractivity contribution in [2.24, 2.45) is 0 Å². The summed E-state index contributed by atoms with van der Waals surface area (Å²) < 4.78 is 18.2. The molecule has 2 amide bonds. The lowest BCUT2D eigenvalue weighted by atomic mass is 10.3. The molecule has 1 aromatic heterocycles. The first kappa shape index (κ1) is 17.9. The van der Waals surface area contributed by atoms with Gasteiger partial charge < -0.3 is 15.4 Å². The number of carbonyl (C=O) groups excluding carboxylic acids is 2. The van der Waals surface area contributed by atoms with Gasteiger partial charge in [0.15, 0.2) is 0 Å². The van der Waals surface area contributed by atoms with Crippen LogP contribution in [0, 0.1) is 5.82 Å². The lowest BCUT2D eigenvalue weighted by Gasteiger charge is -2.08. The highest BCUT2D eigenvalue weighted by molar-refractivity contribution is 7.08. The molecule has 0 aliphatic carbocycles. The van der Waals surface area contributed by atoms with Crippen molar-refractivity contribution in [1.29, 1.82) is 0 Å². The highest BCUT2D eigenvalue weighted by Crippen LogP contribution is 2.11. The third-order valence-electron chi connectivity index (χ3n) is 3.17. The fourth-order valence-electron chi connectivity index (χ4n) is 1.89. The molecule has 24 heavy (non-hydrogen) atoms. The molecule has 2 aromatic rings. The molecule has 0 aliphatic rings. The van der Waals surface area contributed by atoms with E-state index in [0.29, 0.717) is 24.5 Å². The van der Waals surface area contributed by atoms with E-state index in [1.807, 2.05) is 5.38 Å².